The van der Waals surface area contributed by atoms with E-state index in [1.807, 2.05) is 6.07 Å². The molecule has 2 unspecified atom stereocenters. The molecular weight excluding hydrogens is 354 g/mol. The predicted octanol–water partition coefficient (Wildman–Crippen LogP) is 0.391. The van der Waals surface area contributed by atoms with Crippen LogP contribution in [-0.4, -0.2) is 42.6 Å². The summed E-state index contributed by atoms with van der Waals surface area (Å²) in [6.07, 6.45) is 0.0231. The molecule has 1 aromatic carbocycles. The van der Waals surface area contributed by atoms with Crippen LogP contribution in [0.4, 0.5) is 4.79 Å². The van der Waals surface area contributed by atoms with Crippen LogP contribution in [0.2, 0.25) is 0 Å². The van der Waals surface area contributed by atoms with Crippen molar-refractivity contribution in [3.05, 3.63) is 48.6 Å². The molecule has 9 heteroatoms. The first kappa shape index (κ1) is 21.7. The van der Waals surface area contributed by atoms with Gasteiger partial charge in [0.25, 0.3) is 0 Å². The summed E-state index contributed by atoms with van der Waals surface area (Å²) >= 11 is 0. The summed E-state index contributed by atoms with van der Waals surface area (Å²) in [4.78, 5) is 47.0. The number of esters is 1. The lowest BCUT2D eigenvalue weighted by Crippen LogP contribution is -2.52. The maximum absolute atomic E-state index is 12.3. The van der Waals surface area contributed by atoms with Crippen molar-refractivity contribution in [2.75, 3.05) is 6.61 Å². The zero-order valence-corrected chi connectivity index (χ0v) is 15.0. The Bertz CT molecular complexity index is 677. The summed E-state index contributed by atoms with van der Waals surface area (Å²) in [7, 11) is 0. The lowest BCUT2D eigenvalue weighted by molar-refractivity contribution is -0.146. The van der Waals surface area contributed by atoms with Crippen molar-refractivity contribution in [2.45, 2.75) is 32.0 Å². The van der Waals surface area contributed by atoms with Gasteiger partial charge in [0.15, 0.2) is 0 Å². The lowest BCUT2D eigenvalue weighted by Gasteiger charge is -2.19. The number of nitrogens with one attached hydrogen (secondary N) is 2. The molecule has 0 heterocycles. The Morgan fingerprint density at radius 3 is 2.41 bits per heavy atom. The molecule has 0 aromatic heterocycles. The van der Waals surface area contributed by atoms with E-state index in [-0.39, 0.29) is 13.2 Å². The third-order valence-corrected chi connectivity index (χ3v) is 3.28. The van der Waals surface area contributed by atoms with Gasteiger partial charge in [-0.1, -0.05) is 43.0 Å². The van der Waals surface area contributed by atoms with Gasteiger partial charge in [-0.05, 0) is 12.5 Å². The van der Waals surface area contributed by atoms with Crippen molar-refractivity contribution in [3.63, 3.8) is 0 Å². The van der Waals surface area contributed by atoms with Crippen LogP contribution in [0.1, 0.15) is 18.9 Å². The highest BCUT2D eigenvalue weighted by molar-refractivity contribution is 5.92. The number of rotatable bonds is 10. The number of hydrogen-bond acceptors (Lipinski definition) is 6. The van der Waals surface area contributed by atoms with Gasteiger partial charge in [-0.15, -0.1) is 0 Å². The molecule has 0 saturated heterocycles. The first-order chi connectivity index (χ1) is 12.8. The number of ether oxygens (including phenoxy) is 2. The highest BCUT2D eigenvalue weighted by Gasteiger charge is 2.27. The van der Waals surface area contributed by atoms with Gasteiger partial charge in [-0.2, -0.15) is 0 Å². The van der Waals surface area contributed by atoms with E-state index >= 15 is 0 Å². The van der Waals surface area contributed by atoms with Gasteiger partial charge < -0.3 is 25.8 Å². The molecule has 9 nitrogen and oxygen atoms in total. The normalized spacial score (nSPS) is 12.2. The Kier molecular flexibility index (Phi) is 9.07. The first-order valence-corrected chi connectivity index (χ1v) is 8.17. The van der Waals surface area contributed by atoms with Gasteiger partial charge in [-0.25, -0.2) is 9.59 Å². The summed E-state index contributed by atoms with van der Waals surface area (Å²) in [5.41, 5.74) is 5.87. The molecule has 0 bridgehead atoms. The van der Waals surface area contributed by atoms with Crippen LogP contribution in [0.15, 0.2) is 43.0 Å². The zero-order valence-electron chi connectivity index (χ0n) is 15.0. The van der Waals surface area contributed by atoms with Gasteiger partial charge in [0.05, 0.1) is 6.42 Å². The molecule has 1 aromatic rings. The first-order valence-electron chi connectivity index (χ1n) is 8.17. The number of primary amides is 1. The van der Waals surface area contributed by atoms with Crippen LogP contribution in [0.25, 0.3) is 0 Å². The van der Waals surface area contributed by atoms with Crippen LogP contribution in [-0.2, 0) is 30.5 Å². The molecule has 0 aliphatic carbocycles. The van der Waals surface area contributed by atoms with E-state index in [9.17, 15) is 19.2 Å². The van der Waals surface area contributed by atoms with Crippen LogP contribution >= 0.6 is 0 Å². The predicted molar refractivity (Wildman–Crippen MR) is 96.1 cm³/mol. The molecule has 0 radical (unpaired) electrons. The van der Waals surface area contributed by atoms with Crippen molar-refractivity contribution >= 4 is 23.9 Å². The SMILES string of the molecule is C=CCOC(=O)C(C)NC(=O)C(CC(N)=O)NC(=O)OCc1ccccc1. The fraction of sp³-hybridized carbons (Fsp3) is 0.333. The summed E-state index contributed by atoms with van der Waals surface area (Å²) in [6, 6.07) is 6.63. The third kappa shape index (κ3) is 8.52. The summed E-state index contributed by atoms with van der Waals surface area (Å²) in [6.45, 7) is 4.79. The van der Waals surface area contributed by atoms with Crippen molar-refractivity contribution < 1.29 is 28.7 Å². The number of hydrogen-bond donors (Lipinski definition) is 3. The summed E-state index contributed by atoms with van der Waals surface area (Å²) < 4.78 is 9.82. The molecule has 27 heavy (non-hydrogen) atoms. The molecule has 2 atom stereocenters. The van der Waals surface area contributed by atoms with E-state index in [1.54, 1.807) is 24.3 Å². The fourth-order valence-electron chi connectivity index (χ4n) is 1.96. The smallest absolute Gasteiger partial charge is 0.408 e. The molecule has 4 N–H and O–H groups in total. The molecular formula is C18H23N3O6. The Morgan fingerprint density at radius 1 is 1.15 bits per heavy atom. The van der Waals surface area contributed by atoms with Gasteiger partial charge in [-0.3, -0.25) is 9.59 Å². The topological polar surface area (TPSA) is 137 Å². The fourth-order valence-corrected chi connectivity index (χ4v) is 1.96. The van der Waals surface area contributed by atoms with Gasteiger partial charge in [0.2, 0.25) is 11.8 Å². The number of carbonyl (C=O) groups is 4. The monoisotopic (exact) mass is 377 g/mol. The molecule has 1 rings (SSSR count). The average molecular weight is 377 g/mol. The van der Waals surface area contributed by atoms with Crippen LogP contribution in [0.5, 0.6) is 0 Å². The van der Waals surface area contributed by atoms with Crippen LogP contribution in [0.3, 0.4) is 0 Å². The molecule has 0 spiro atoms. The van der Waals surface area contributed by atoms with E-state index in [2.05, 4.69) is 17.2 Å². The Morgan fingerprint density at radius 2 is 1.81 bits per heavy atom. The Labute approximate surface area is 156 Å². The van der Waals surface area contributed by atoms with E-state index in [0.29, 0.717) is 0 Å². The molecule has 3 amide bonds. The third-order valence-electron chi connectivity index (χ3n) is 3.28. The van der Waals surface area contributed by atoms with Crippen LogP contribution in [0, 0.1) is 0 Å². The maximum atomic E-state index is 12.3. The van der Waals surface area contributed by atoms with E-state index in [1.165, 1.54) is 13.0 Å². The lowest BCUT2D eigenvalue weighted by atomic mass is 10.1. The molecule has 0 saturated carbocycles. The maximum Gasteiger partial charge on any atom is 0.408 e. The molecule has 0 aliphatic rings. The number of benzene rings is 1. The largest absolute Gasteiger partial charge is 0.460 e. The van der Waals surface area contributed by atoms with Crippen molar-refractivity contribution in [1.82, 2.24) is 10.6 Å². The number of carbonyl (C=O) groups excluding carboxylic acids is 4. The molecule has 0 fully saturated rings. The van der Waals surface area contributed by atoms with Gasteiger partial charge >= 0.3 is 12.1 Å². The Balaban J connectivity index is 2.61. The number of alkyl carbamates (subject to hydrolysis) is 1. The summed E-state index contributed by atoms with van der Waals surface area (Å²) in [5.74, 6) is -2.26. The van der Waals surface area contributed by atoms with Crippen molar-refractivity contribution in [1.29, 1.82) is 0 Å². The number of nitrogens with two attached hydrogens (primary N) is 1. The minimum absolute atomic E-state index is 0.00613. The van der Waals surface area contributed by atoms with Crippen molar-refractivity contribution in [2.24, 2.45) is 5.73 Å². The van der Waals surface area contributed by atoms with E-state index < -0.39 is 42.4 Å². The van der Waals surface area contributed by atoms with Gasteiger partial charge in [0, 0.05) is 0 Å². The molecule has 0 aliphatic heterocycles. The molecule has 146 valence electrons. The summed E-state index contributed by atoms with van der Waals surface area (Å²) in [5, 5.41) is 4.61. The number of amides is 3. The van der Waals surface area contributed by atoms with E-state index in [4.69, 9.17) is 15.2 Å². The van der Waals surface area contributed by atoms with Crippen LogP contribution < -0.4 is 16.4 Å². The highest BCUT2D eigenvalue weighted by atomic mass is 16.5. The Hall–Kier alpha value is -3.36. The minimum Gasteiger partial charge on any atom is -0.460 e. The second-order valence-corrected chi connectivity index (χ2v) is 5.58. The minimum atomic E-state index is -1.29. The zero-order chi connectivity index (χ0) is 20.2. The van der Waals surface area contributed by atoms with Crippen molar-refractivity contribution in [3.8, 4) is 0 Å². The highest BCUT2D eigenvalue weighted by Crippen LogP contribution is 2.02. The average Bonchev–Trinajstić information content (AvgIpc) is 2.64. The second-order valence-electron chi connectivity index (χ2n) is 5.58. The quantitative estimate of drug-likeness (QED) is 0.398. The van der Waals surface area contributed by atoms with E-state index in [0.717, 1.165) is 5.56 Å². The second kappa shape index (κ2) is 11.3. The van der Waals surface area contributed by atoms with Gasteiger partial charge in [0.1, 0.15) is 25.3 Å². The standard InChI is InChI=1S/C18H23N3O6/c1-3-9-26-17(24)12(2)20-16(23)14(10-15(19)22)21-18(25)27-11-13-7-5-4-6-8-13/h3-8,12,14H,1,9-11H2,2H3,(H2,19,22)(H,20,23)(H,21,25).